The van der Waals surface area contributed by atoms with Crippen molar-refractivity contribution in [1.82, 2.24) is 8.87 Å². The predicted octanol–water partition coefficient (Wildman–Crippen LogP) is 2.78. The van der Waals surface area contributed by atoms with Crippen LogP contribution in [0.4, 0.5) is 5.69 Å². The van der Waals surface area contributed by atoms with E-state index in [0.717, 1.165) is 48.6 Å². The van der Waals surface area contributed by atoms with Crippen molar-refractivity contribution in [2.45, 2.75) is 5.75 Å². The number of fused-ring (bicyclic) bond motifs is 1. The van der Waals surface area contributed by atoms with Crippen molar-refractivity contribution in [2.75, 3.05) is 45.2 Å². The zero-order chi connectivity index (χ0) is 19.7. The van der Waals surface area contributed by atoms with Gasteiger partial charge in [0.05, 0.1) is 24.1 Å². The lowest BCUT2D eigenvalue weighted by Gasteiger charge is -2.35. The Kier molecular flexibility index (Phi) is 5.03. The summed E-state index contributed by atoms with van der Waals surface area (Å²) in [5.74, 6) is 0.739. The first-order valence-corrected chi connectivity index (χ1v) is 11.0. The number of benzene rings is 2. The highest BCUT2D eigenvalue weighted by atomic mass is 32.2. The van der Waals surface area contributed by atoms with E-state index in [1.807, 2.05) is 48.5 Å². The van der Waals surface area contributed by atoms with Crippen molar-refractivity contribution in [3.05, 3.63) is 60.3 Å². The molecular weight excluding hydrogens is 374 g/mol. The Morgan fingerprint density at radius 2 is 1.68 bits per heavy atom. The van der Waals surface area contributed by atoms with Crippen molar-refractivity contribution >= 4 is 26.6 Å². The van der Waals surface area contributed by atoms with Crippen molar-refractivity contribution in [3.63, 3.8) is 0 Å². The standard InChI is InChI=1S/C21H25N3O3S/c1-22-12-14-23(15-13-22)21-18-10-11-24(19(18)8-9-20(21)27-2)28(25,26)16-17-6-4-3-5-7-17/h3-11H,12-16H2,1-2H3. The largest absolute Gasteiger partial charge is 0.495 e. The van der Waals surface area contributed by atoms with Gasteiger partial charge >= 0.3 is 0 Å². The van der Waals surface area contributed by atoms with Gasteiger partial charge in [0.25, 0.3) is 0 Å². The Bertz CT molecular complexity index is 1070. The van der Waals surface area contributed by atoms with Crippen LogP contribution in [0.1, 0.15) is 5.56 Å². The van der Waals surface area contributed by atoms with Crippen molar-refractivity contribution in [2.24, 2.45) is 0 Å². The van der Waals surface area contributed by atoms with Gasteiger partial charge in [-0.2, -0.15) is 0 Å². The Morgan fingerprint density at radius 1 is 0.964 bits per heavy atom. The van der Waals surface area contributed by atoms with E-state index in [1.165, 1.54) is 3.97 Å². The Labute approximate surface area is 166 Å². The van der Waals surface area contributed by atoms with E-state index in [9.17, 15) is 8.42 Å². The average molecular weight is 400 g/mol. The molecule has 3 aromatic rings. The molecule has 0 aliphatic carbocycles. The average Bonchev–Trinajstić information content (AvgIpc) is 3.13. The van der Waals surface area contributed by atoms with Crippen molar-refractivity contribution < 1.29 is 13.2 Å². The lowest BCUT2D eigenvalue weighted by Crippen LogP contribution is -2.44. The zero-order valence-electron chi connectivity index (χ0n) is 16.2. The van der Waals surface area contributed by atoms with Gasteiger partial charge in [-0.15, -0.1) is 0 Å². The van der Waals surface area contributed by atoms with Gasteiger partial charge in [-0.25, -0.2) is 12.4 Å². The molecule has 2 heterocycles. The van der Waals surface area contributed by atoms with Crippen LogP contribution in [-0.2, 0) is 15.8 Å². The van der Waals surface area contributed by atoms with Gasteiger partial charge in [-0.1, -0.05) is 30.3 Å². The van der Waals surface area contributed by atoms with Crippen LogP contribution in [0.5, 0.6) is 5.75 Å². The van der Waals surface area contributed by atoms with Crippen LogP contribution in [0, 0.1) is 0 Å². The van der Waals surface area contributed by atoms with E-state index in [2.05, 4.69) is 16.8 Å². The van der Waals surface area contributed by atoms with E-state index >= 15 is 0 Å². The molecule has 1 aliphatic heterocycles. The summed E-state index contributed by atoms with van der Waals surface area (Å²) in [6.45, 7) is 3.70. The summed E-state index contributed by atoms with van der Waals surface area (Å²) in [6.07, 6.45) is 1.65. The molecule has 0 amide bonds. The van der Waals surface area contributed by atoms with Crippen LogP contribution in [0.25, 0.3) is 10.9 Å². The second-order valence-electron chi connectivity index (χ2n) is 7.19. The third kappa shape index (κ3) is 3.47. The Hall–Kier alpha value is -2.51. The number of nitrogens with zero attached hydrogens (tertiary/aromatic N) is 3. The fourth-order valence-corrected chi connectivity index (χ4v) is 5.23. The number of aromatic nitrogens is 1. The molecule has 28 heavy (non-hydrogen) atoms. The quantitative estimate of drug-likeness (QED) is 0.660. The summed E-state index contributed by atoms with van der Waals surface area (Å²) in [5.41, 5.74) is 2.43. The molecule has 7 heteroatoms. The maximum atomic E-state index is 13.1. The van der Waals surface area contributed by atoms with Gasteiger partial charge in [0.15, 0.2) is 0 Å². The number of rotatable bonds is 5. The molecule has 1 fully saturated rings. The van der Waals surface area contributed by atoms with Crippen molar-refractivity contribution in [1.29, 1.82) is 0 Å². The van der Waals surface area contributed by atoms with Crippen LogP contribution in [-0.4, -0.2) is 57.6 Å². The number of piperazine rings is 1. The highest BCUT2D eigenvalue weighted by molar-refractivity contribution is 7.89. The summed E-state index contributed by atoms with van der Waals surface area (Å²) >= 11 is 0. The number of hydrogen-bond acceptors (Lipinski definition) is 5. The molecule has 1 saturated heterocycles. The minimum absolute atomic E-state index is 0.0342. The van der Waals surface area contributed by atoms with Crippen LogP contribution in [0.2, 0.25) is 0 Å². The van der Waals surface area contributed by atoms with Crippen LogP contribution < -0.4 is 9.64 Å². The summed E-state index contributed by atoms with van der Waals surface area (Å²) in [5, 5.41) is 0.903. The highest BCUT2D eigenvalue weighted by Crippen LogP contribution is 2.38. The zero-order valence-corrected chi connectivity index (χ0v) is 17.0. The second kappa shape index (κ2) is 7.48. The molecule has 4 rings (SSSR count). The smallest absolute Gasteiger partial charge is 0.243 e. The molecule has 0 saturated carbocycles. The Morgan fingerprint density at radius 3 is 2.36 bits per heavy atom. The summed E-state index contributed by atoms with van der Waals surface area (Å²) in [4.78, 5) is 4.58. The first-order chi connectivity index (χ1) is 13.5. The predicted molar refractivity (Wildman–Crippen MR) is 113 cm³/mol. The number of methoxy groups -OCH3 is 1. The summed E-state index contributed by atoms with van der Waals surface area (Å²) < 4.78 is 33.2. The molecule has 0 N–H and O–H groups in total. The number of anilines is 1. The lowest BCUT2D eigenvalue weighted by atomic mass is 10.1. The van der Waals surface area contributed by atoms with Crippen LogP contribution in [0.3, 0.4) is 0 Å². The van der Waals surface area contributed by atoms with Crippen LogP contribution in [0.15, 0.2) is 54.7 Å². The third-order valence-corrected chi connectivity index (χ3v) is 6.92. The molecule has 148 valence electrons. The second-order valence-corrected chi connectivity index (χ2v) is 9.04. The lowest BCUT2D eigenvalue weighted by molar-refractivity contribution is 0.311. The molecule has 2 aromatic carbocycles. The van der Waals surface area contributed by atoms with Gasteiger partial charge in [-0.3, -0.25) is 0 Å². The minimum Gasteiger partial charge on any atom is -0.495 e. The number of likely N-dealkylation sites (N-methyl/N-ethyl adjacent to an activating group) is 1. The minimum atomic E-state index is -3.52. The highest BCUT2D eigenvalue weighted by Gasteiger charge is 2.24. The van der Waals surface area contributed by atoms with E-state index < -0.39 is 10.0 Å². The molecule has 6 nitrogen and oxygen atoms in total. The van der Waals surface area contributed by atoms with E-state index in [-0.39, 0.29) is 5.75 Å². The molecule has 1 aliphatic rings. The first-order valence-electron chi connectivity index (χ1n) is 9.38. The molecular formula is C21H25N3O3S. The molecule has 0 radical (unpaired) electrons. The summed E-state index contributed by atoms with van der Waals surface area (Å²) in [7, 11) is 0.246. The maximum absolute atomic E-state index is 13.1. The Balaban J connectivity index is 1.77. The SMILES string of the molecule is COc1ccc2c(ccn2S(=O)(=O)Cc2ccccc2)c1N1CCN(C)CC1. The number of ether oxygens (including phenoxy) is 1. The number of hydrogen-bond donors (Lipinski definition) is 0. The molecule has 0 unspecified atom stereocenters. The van der Waals surface area contributed by atoms with E-state index in [4.69, 9.17) is 4.74 Å². The molecule has 0 atom stereocenters. The monoisotopic (exact) mass is 399 g/mol. The van der Waals surface area contributed by atoms with Gasteiger partial charge in [0, 0.05) is 37.8 Å². The normalized spacial score (nSPS) is 15.9. The van der Waals surface area contributed by atoms with E-state index in [0.29, 0.717) is 5.52 Å². The third-order valence-electron chi connectivity index (χ3n) is 5.30. The molecule has 1 aromatic heterocycles. The van der Waals surface area contributed by atoms with E-state index in [1.54, 1.807) is 13.3 Å². The van der Waals surface area contributed by atoms with Crippen molar-refractivity contribution in [3.8, 4) is 5.75 Å². The molecule has 0 spiro atoms. The topological polar surface area (TPSA) is 54.8 Å². The van der Waals surface area contributed by atoms with Gasteiger partial charge in [-0.05, 0) is 30.8 Å². The fraction of sp³-hybridized carbons (Fsp3) is 0.333. The summed E-state index contributed by atoms with van der Waals surface area (Å²) in [6, 6.07) is 14.8. The van der Waals surface area contributed by atoms with Gasteiger partial charge < -0.3 is 14.5 Å². The first kappa shape index (κ1) is 18.8. The maximum Gasteiger partial charge on any atom is 0.243 e. The fourth-order valence-electron chi connectivity index (χ4n) is 3.77. The van der Waals surface area contributed by atoms with Crippen LogP contribution >= 0.6 is 0 Å². The van der Waals surface area contributed by atoms with Gasteiger partial charge in [0.2, 0.25) is 10.0 Å². The van der Waals surface area contributed by atoms with Gasteiger partial charge in [0.1, 0.15) is 5.75 Å². The molecule has 0 bridgehead atoms.